The van der Waals surface area contributed by atoms with Crippen molar-refractivity contribution in [2.45, 2.75) is 39.2 Å². The van der Waals surface area contributed by atoms with Crippen LogP contribution in [0.15, 0.2) is 24.3 Å². The van der Waals surface area contributed by atoms with E-state index in [9.17, 15) is 9.90 Å². The molecule has 0 bridgehead atoms. The summed E-state index contributed by atoms with van der Waals surface area (Å²) in [6.07, 6.45) is -0.640. The van der Waals surface area contributed by atoms with E-state index in [4.69, 9.17) is 9.57 Å². The average molecular weight is 281 g/mol. The van der Waals surface area contributed by atoms with Crippen LogP contribution in [0, 0.1) is 6.92 Å². The highest BCUT2D eigenvalue weighted by molar-refractivity contribution is 5.66. The largest absolute Gasteiger partial charge is 0.442 e. The lowest BCUT2D eigenvalue weighted by Crippen LogP contribution is -2.33. The Morgan fingerprint density at radius 3 is 2.65 bits per heavy atom. The molecule has 5 heteroatoms. The number of aliphatic hydroxyl groups excluding tert-OH is 1. The summed E-state index contributed by atoms with van der Waals surface area (Å²) >= 11 is 0. The Bertz CT molecular complexity index is 440. The van der Waals surface area contributed by atoms with E-state index >= 15 is 0 Å². The van der Waals surface area contributed by atoms with E-state index in [1.54, 1.807) is 20.8 Å². The lowest BCUT2D eigenvalue weighted by atomic mass is 9.99. The summed E-state index contributed by atoms with van der Waals surface area (Å²) in [5.41, 5.74) is 3.73. The first-order valence-electron chi connectivity index (χ1n) is 6.60. The van der Waals surface area contributed by atoms with Gasteiger partial charge in [-0.3, -0.25) is 4.84 Å². The highest BCUT2D eigenvalue weighted by Gasteiger charge is 2.17. The van der Waals surface area contributed by atoms with Crippen LogP contribution in [0.4, 0.5) is 4.79 Å². The van der Waals surface area contributed by atoms with Crippen LogP contribution < -0.4 is 5.48 Å². The zero-order valence-electron chi connectivity index (χ0n) is 12.5. The molecule has 0 aliphatic carbocycles. The van der Waals surface area contributed by atoms with Crippen molar-refractivity contribution in [3.8, 4) is 0 Å². The van der Waals surface area contributed by atoms with Crippen molar-refractivity contribution in [1.82, 2.24) is 5.48 Å². The molecule has 0 aliphatic heterocycles. The number of rotatable bonds is 5. The summed E-state index contributed by atoms with van der Waals surface area (Å²) in [5.74, 6) is -0.190. The minimum atomic E-state index is -0.640. The van der Waals surface area contributed by atoms with Gasteiger partial charge in [-0.25, -0.2) is 4.79 Å². The van der Waals surface area contributed by atoms with E-state index in [1.807, 2.05) is 31.2 Å². The van der Waals surface area contributed by atoms with Gasteiger partial charge >= 0.3 is 6.09 Å². The molecule has 1 aromatic rings. The fraction of sp³-hybridized carbons (Fsp3) is 0.533. The summed E-state index contributed by atoms with van der Waals surface area (Å²) in [6, 6.07) is 7.81. The van der Waals surface area contributed by atoms with E-state index in [-0.39, 0.29) is 19.1 Å². The molecule has 0 radical (unpaired) electrons. The van der Waals surface area contributed by atoms with Crippen molar-refractivity contribution < 1.29 is 19.5 Å². The number of hydroxylamine groups is 1. The van der Waals surface area contributed by atoms with Crippen LogP contribution in [-0.2, 0) is 9.57 Å². The van der Waals surface area contributed by atoms with Gasteiger partial charge in [-0.1, -0.05) is 29.8 Å². The first-order chi connectivity index (χ1) is 9.31. The maximum absolute atomic E-state index is 11.4. The van der Waals surface area contributed by atoms with Crippen molar-refractivity contribution in [2.24, 2.45) is 0 Å². The third kappa shape index (κ3) is 6.04. The summed E-state index contributed by atoms with van der Waals surface area (Å²) in [5, 5.41) is 9.40. The molecule has 1 amide bonds. The number of hydrogen-bond donors (Lipinski definition) is 2. The fourth-order valence-corrected chi connectivity index (χ4v) is 1.68. The SMILES string of the molecule is Cc1cccc(C(CO)CONC(=O)OC(C)(C)C)c1. The number of aliphatic hydroxyl groups is 1. The lowest BCUT2D eigenvalue weighted by Gasteiger charge is -2.20. The molecule has 1 rings (SSSR count). The van der Waals surface area contributed by atoms with Gasteiger partial charge < -0.3 is 9.84 Å². The molecule has 112 valence electrons. The number of nitrogens with one attached hydrogen (secondary N) is 1. The molecule has 5 nitrogen and oxygen atoms in total. The van der Waals surface area contributed by atoms with Crippen LogP contribution in [0.3, 0.4) is 0 Å². The molecule has 20 heavy (non-hydrogen) atoms. The zero-order valence-corrected chi connectivity index (χ0v) is 12.5. The topological polar surface area (TPSA) is 67.8 Å². The second-order valence-corrected chi connectivity index (χ2v) is 5.71. The number of ether oxygens (including phenoxy) is 1. The number of aryl methyl sites for hydroxylation is 1. The minimum Gasteiger partial charge on any atom is -0.442 e. The molecule has 1 atom stereocenters. The Balaban J connectivity index is 2.45. The maximum atomic E-state index is 11.4. The Morgan fingerprint density at radius 1 is 1.40 bits per heavy atom. The molecule has 1 unspecified atom stereocenters. The molecule has 0 fully saturated rings. The smallest absolute Gasteiger partial charge is 0.431 e. The lowest BCUT2D eigenvalue weighted by molar-refractivity contribution is -0.0151. The van der Waals surface area contributed by atoms with Gasteiger partial charge in [0.05, 0.1) is 13.2 Å². The normalized spacial score (nSPS) is 12.8. The number of carbonyl (C=O) groups excluding carboxylic acids is 1. The highest BCUT2D eigenvalue weighted by Crippen LogP contribution is 2.16. The fourth-order valence-electron chi connectivity index (χ4n) is 1.68. The van der Waals surface area contributed by atoms with Gasteiger partial charge in [0.15, 0.2) is 0 Å². The zero-order chi connectivity index (χ0) is 15.2. The third-order valence-corrected chi connectivity index (χ3v) is 2.57. The average Bonchev–Trinajstić information content (AvgIpc) is 2.32. The second kappa shape index (κ2) is 7.26. The molecule has 0 spiro atoms. The number of hydrogen-bond acceptors (Lipinski definition) is 4. The van der Waals surface area contributed by atoms with Gasteiger partial charge in [0.1, 0.15) is 5.60 Å². The van der Waals surface area contributed by atoms with Gasteiger partial charge in [0.2, 0.25) is 0 Å². The number of amides is 1. The molecule has 0 aromatic heterocycles. The van der Waals surface area contributed by atoms with Crippen molar-refractivity contribution in [3.63, 3.8) is 0 Å². The molecule has 1 aromatic carbocycles. The van der Waals surface area contributed by atoms with Gasteiger partial charge in [-0.15, -0.1) is 0 Å². The number of carbonyl (C=O) groups is 1. The Labute approximate surface area is 119 Å². The molecular formula is C15H23NO4. The summed E-state index contributed by atoms with van der Waals surface area (Å²) in [6.45, 7) is 7.43. The first kappa shape index (κ1) is 16.5. The van der Waals surface area contributed by atoms with E-state index < -0.39 is 11.7 Å². The first-order valence-corrected chi connectivity index (χ1v) is 6.60. The van der Waals surface area contributed by atoms with Crippen LogP contribution in [0.1, 0.15) is 37.8 Å². The summed E-state index contributed by atoms with van der Waals surface area (Å²) < 4.78 is 5.04. The van der Waals surface area contributed by atoms with E-state index in [2.05, 4.69) is 5.48 Å². The van der Waals surface area contributed by atoms with Gasteiger partial charge in [-0.2, -0.15) is 5.48 Å². The third-order valence-electron chi connectivity index (χ3n) is 2.57. The molecular weight excluding hydrogens is 258 g/mol. The van der Waals surface area contributed by atoms with Crippen molar-refractivity contribution in [3.05, 3.63) is 35.4 Å². The summed E-state index contributed by atoms with van der Waals surface area (Å²) in [4.78, 5) is 16.5. The van der Waals surface area contributed by atoms with E-state index in [1.165, 1.54) is 0 Å². The predicted molar refractivity (Wildman–Crippen MR) is 76.3 cm³/mol. The van der Waals surface area contributed by atoms with Crippen molar-refractivity contribution in [1.29, 1.82) is 0 Å². The van der Waals surface area contributed by atoms with Gasteiger partial charge in [0, 0.05) is 5.92 Å². The summed E-state index contributed by atoms with van der Waals surface area (Å²) in [7, 11) is 0. The Kier molecular flexibility index (Phi) is 5.98. The molecule has 0 saturated heterocycles. The van der Waals surface area contributed by atoms with Crippen LogP contribution in [-0.4, -0.2) is 30.0 Å². The second-order valence-electron chi connectivity index (χ2n) is 5.71. The van der Waals surface area contributed by atoms with Gasteiger partial charge in [-0.05, 0) is 33.3 Å². The van der Waals surface area contributed by atoms with Crippen molar-refractivity contribution in [2.75, 3.05) is 13.2 Å². The quantitative estimate of drug-likeness (QED) is 0.814. The molecule has 0 heterocycles. The highest BCUT2D eigenvalue weighted by atomic mass is 16.7. The van der Waals surface area contributed by atoms with Crippen LogP contribution in [0.5, 0.6) is 0 Å². The van der Waals surface area contributed by atoms with Crippen LogP contribution >= 0.6 is 0 Å². The van der Waals surface area contributed by atoms with Crippen LogP contribution in [0.2, 0.25) is 0 Å². The van der Waals surface area contributed by atoms with Crippen LogP contribution in [0.25, 0.3) is 0 Å². The van der Waals surface area contributed by atoms with Gasteiger partial charge in [0.25, 0.3) is 0 Å². The van der Waals surface area contributed by atoms with Crippen molar-refractivity contribution >= 4 is 6.09 Å². The molecule has 0 aliphatic rings. The minimum absolute atomic E-state index is 0.0561. The molecule has 0 saturated carbocycles. The monoisotopic (exact) mass is 281 g/mol. The van der Waals surface area contributed by atoms with E-state index in [0.717, 1.165) is 11.1 Å². The Hall–Kier alpha value is -1.59. The maximum Gasteiger partial charge on any atom is 0.431 e. The molecule has 2 N–H and O–H groups in total. The predicted octanol–water partition coefficient (Wildman–Crippen LogP) is 2.53. The van der Waals surface area contributed by atoms with E-state index in [0.29, 0.717) is 0 Å². The Morgan fingerprint density at radius 2 is 2.10 bits per heavy atom. The number of benzene rings is 1. The standard InChI is InChI=1S/C15H23NO4/c1-11-6-5-7-12(8-11)13(9-17)10-19-16-14(18)20-15(2,3)4/h5-8,13,17H,9-10H2,1-4H3,(H,16,18).